The van der Waals surface area contributed by atoms with E-state index >= 15 is 0 Å². The lowest BCUT2D eigenvalue weighted by Gasteiger charge is -2.50. The zero-order valence-corrected chi connectivity index (χ0v) is 13.8. The molecule has 0 amide bonds. The molecule has 2 aromatic rings. The van der Waals surface area contributed by atoms with Crippen molar-refractivity contribution in [3.05, 3.63) is 59.3 Å². The van der Waals surface area contributed by atoms with E-state index < -0.39 is 0 Å². The summed E-state index contributed by atoms with van der Waals surface area (Å²) in [4.78, 5) is 7.17. The van der Waals surface area contributed by atoms with Gasteiger partial charge in [-0.3, -0.25) is 4.90 Å². The molecule has 5 heterocycles. The predicted octanol–water partition coefficient (Wildman–Crippen LogP) is 3.65. The number of benzene rings is 1. The molecule has 4 aliphatic rings. The molecule has 0 radical (unpaired) electrons. The van der Waals surface area contributed by atoms with Gasteiger partial charge >= 0.3 is 0 Å². The molecule has 3 fully saturated rings. The first-order valence-corrected chi connectivity index (χ1v) is 8.94. The Morgan fingerprint density at radius 1 is 1.08 bits per heavy atom. The van der Waals surface area contributed by atoms with Gasteiger partial charge in [0.05, 0.1) is 0 Å². The van der Waals surface area contributed by atoms with Crippen LogP contribution < -0.4 is 4.74 Å². The van der Waals surface area contributed by atoms with Crippen LogP contribution in [0, 0.1) is 5.92 Å². The van der Waals surface area contributed by atoms with Gasteiger partial charge in [-0.2, -0.15) is 0 Å². The Kier molecular flexibility index (Phi) is 3.23. The summed E-state index contributed by atoms with van der Waals surface area (Å²) in [6.07, 6.45) is 9.78. The Bertz CT molecular complexity index is 778. The van der Waals surface area contributed by atoms with Crippen LogP contribution in [0.2, 0.25) is 0 Å². The van der Waals surface area contributed by atoms with Crippen LogP contribution in [0.25, 0.3) is 12.2 Å². The predicted molar refractivity (Wildman–Crippen MR) is 95.8 cm³/mol. The number of aromatic nitrogens is 1. The highest BCUT2D eigenvalue weighted by Gasteiger charge is 2.52. The SMILES string of the molecule is C(=C\c1cnc2c(c1)C[C@]1(CN3CCC1CC3)O2)/c1ccccc1. The molecule has 0 aliphatic carbocycles. The monoisotopic (exact) mass is 318 g/mol. The summed E-state index contributed by atoms with van der Waals surface area (Å²) in [5.41, 5.74) is 3.63. The standard InChI is InChI=1S/C21H22N2O/c1-2-4-16(5-3-1)6-7-17-12-18-13-21(24-20(18)22-14-17)15-23-10-8-19(21)9-11-23/h1-7,12,14,19H,8-11,13,15H2/b7-6+/t21-/m1/s1. The molecule has 2 bridgehead atoms. The third kappa shape index (κ3) is 2.35. The topological polar surface area (TPSA) is 25.4 Å². The second kappa shape index (κ2) is 5.45. The van der Waals surface area contributed by atoms with Crippen LogP contribution in [0.3, 0.4) is 0 Å². The number of hydrogen-bond donors (Lipinski definition) is 0. The van der Waals surface area contributed by atoms with Crippen molar-refractivity contribution in [2.45, 2.75) is 24.9 Å². The summed E-state index contributed by atoms with van der Waals surface area (Å²) in [7, 11) is 0. The third-order valence-electron chi connectivity index (χ3n) is 5.83. The molecule has 0 N–H and O–H groups in total. The molecular formula is C21H22N2O. The van der Waals surface area contributed by atoms with E-state index in [4.69, 9.17) is 4.74 Å². The van der Waals surface area contributed by atoms with Crippen LogP contribution in [0.1, 0.15) is 29.5 Å². The fourth-order valence-corrected chi connectivity index (χ4v) is 4.57. The molecule has 3 heteroatoms. The van der Waals surface area contributed by atoms with Crippen LogP contribution in [-0.4, -0.2) is 35.1 Å². The van der Waals surface area contributed by atoms with Gasteiger partial charge in [-0.05, 0) is 43.1 Å². The molecule has 0 saturated carbocycles. The zero-order valence-electron chi connectivity index (χ0n) is 13.8. The quantitative estimate of drug-likeness (QED) is 0.845. The van der Waals surface area contributed by atoms with Crippen molar-refractivity contribution in [2.24, 2.45) is 5.92 Å². The number of fused-ring (bicyclic) bond motifs is 3. The average molecular weight is 318 g/mol. The van der Waals surface area contributed by atoms with Gasteiger partial charge in [0.2, 0.25) is 5.88 Å². The van der Waals surface area contributed by atoms with Gasteiger partial charge in [0.25, 0.3) is 0 Å². The smallest absolute Gasteiger partial charge is 0.217 e. The highest BCUT2D eigenvalue weighted by atomic mass is 16.5. The van der Waals surface area contributed by atoms with E-state index in [1.54, 1.807) is 0 Å². The maximum absolute atomic E-state index is 6.41. The number of piperidine rings is 3. The van der Waals surface area contributed by atoms with Crippen LogP contribution in [0.4, 0.5) is 0 Å². The molecule has 0 unspecified atom stereocenters. The minimum atomic E-state index is -0.00635. The van der Waals surface area contributed by atoms with Crippen molar-refractivity contribution in [1.29, 1.82) is 0 Å². The summed E-state index contributed by atoms with van der Waals surface area (Å²) in [6, 6.07) is 12.6. The fraction of sp³-hybridized carbons (Fsp3) is 0.381. The number of nitrogens with zero attached hydrogens (tertiary/aromatic N) is 2. The van der Waals surface area contributed by atoms with Gasteiger partial charge in [0, 0.05) is 30.6 Å². The zero-order chi connectivity index (χ0) is 16.0. The van der Waals surface area contributed by atoms with E-state index in [0.717, 1.165) is 24.4 Å². The van der Waals surface area contributed by atoms with Crippen molar-refractivity contribution in [3.63, 3.8) is 0 Å². The third-order valence-corrected chi connectivity index (χ3v) is 5.83. The molecule has 6 rings (SSSR count). The minimum absolute atomic E-state index is 0.00635. The van der Waals surface area contributed by atoms with Crippen molar-refractivity contribution < 1.29 is 4.74 Å². The first kappa shape index (κ1) is 14.2. The Labute approximate surface area is 143 Å². The van der Waals surface area contributed by atoms with Crippen molar-refractivity contribution >= 4 is 12.2 Å². The molecule has 122 valence electrons. The van der Waals surface area contributed by atoms with Crippen LogP contribution >= 0.6 is 0 Å². The van der Waals surface area contributed by atoms with Gasteiger partial charge in [-0.1, -0.05) is 42.5 Å². The lowest BCUT2D eigenvalue weighted by molar-refractivity contribution is -0.0814. The average Bonchev–Trinajstić information content (AvgIpc) is 2.98. The summed E-state index contributed by atoms with van der Waals surface area (Å²) >= 11 is 0. The second-order valence-electron chi connectivity index (χ2n) is 7.37. The highest BCUT2D eigenvalue weighted by molar-refractivity contribution is 5.69. The minimum Gasteiger partial charge on any atom is -0.469 e. The number of hydrogen-bond acceptors (Lipinski definition) is 3. The Morgan fingerprint density at radius 2 is 1.88 bits per heavy atom. The van der Waals surface area contributed by atoms with E-state index in [2.05, 4.69) is 52.4 Å². The second-order valence-corrected chi connectivity index (χ2v) is 7.37. The fourth-order valence-electron chi connectivity index (χ4n) is 4.57. The Hall–Kier alpha value is -2.13. The molecule has 1 spiro atoms. The van der Waals surface area contributed by atoms with Crippen molar-refractivity contribution in [1.82, 2.24) is 9.88 Å². The summed E-state index contributed by atoms with van der Waals surface area (Å²) in [5.74, 6) is 1.56. The molecule has 1 aromatic carbocycles. The molecule has 4 aliphatic heterocycles. The molecule has 3 saturated heterocycles. The van der Waals surface area contributed by atoms with Gasteiger partial charge in [0.1, 0.15) is 5.60 Å². The van der Waals surface area contributed by atoms with Gasteiger partial charge in [0.15, 0.2) is 0 Å². The summed E-state index contributed by atoms with van der Waals surface area (Å²) < 4.78 is 6.41. The number of ether oxygens (including phenoxy) is 1. The molecule has 24 heavy (non-hydrogen) atoms. The number of rotatable bonds is 2. The van der Waals surface area contributed by atoms with Gasteiger partial charge < -0.3 is 4.74 Å². The lowest BCUT2D eigenvalue weighted by Crippen LogP contribution is -2.61. The molecule has 1 atom stereocenters. The maximum atomic E-state index is 6.41. The normalized spacial score (nSPS) is 30.7. The van der Waals surface area contributed by atoms with Crippen molar-refractivity contribution in [3.8, 4) is 5.88 Å². The van der Waals surface area contributed by atoms with Gasteiger partial charge in [-0.25, -0.2) is 4.98 Å². The summed E-state index contributed by atoms with van der Waals surface area (Å²) in [5, 5.41) is 0. The molecular weight excluding hydrogens is 296 g/mol. The molecule has 1 aromatic heterocycles. The maximum Gasteiger partial charge on any atom is 0.217 e. The van der Waals surface area contributed by atoms with E-state index in [1.165, 1.54) is 37.1 Å². The first-order chi connectivity index (χ1) is 11.8. The van der Waals surface area contributed by atoms with Crippen molar-refractivity contribution in [2.75, 3.05) is 19.6 Å². The van der Waals surface area contributed by atoms with Crippen LogP contribution in [0.15, 0.2) is 42.6 Å². The highest BCUT2D eigenvalue weighted by Crippen LogP contribution is 2.46. The Balaban J connectivity index is 1.39. The van der Waals surface area contributed by atoms with Crippen LogP contribution in [-0.2, 0) is 6.42 Å². The van der Waals surface area contributed by atoms with Gasteiger partial charge in [-0.15, -0.1) is 0 Å². The molecule has 3 nitrogen and oxygen atoms in total. The van der Waals surface area contributed by atoms with E-state index in [0.29, 0.717) is 5.92 Å². The summed E-state index contributed by atoms with van der Waals surface area (Å²) in [6.45, 7) is 3.55. The Morgan fingerprint density at radius 3 is 2.62 bits per heavy atom. The van der Waals surface area contributed by atoms with E-state index in [9.17, 15) is 0 Å². The number of pyridine rings is 1. The van der Waals surface area contributed by atoms with E-state index in [-0.39, 0.29) is 5.60 Å². The largest absolute Gasteiger partial charge is 0.469 e. The van der Waals surface area contributed by atoms with Crippen LogP contribution in [0.5, 0.6) is 5.88 Å². The lowest BCUT2D eigenvalue weighted by atomic mass is 9.73. The van der Waals surface area contributed by atoms with E-state index in [1.807, 2.05) is 12.3 Å². The first-order valence-electron chi connectivity index (χ1n) is 8.94.